The van der Waals surface area contributed by atoms with Crippen LogP contribution in [0.25, 0.3) is 21.7 Å². The molecule has 0 amide bonds. The van der Waals surface area contributed by atoms with Crippen LogP contribution in [-0.2, 0) is 10.3 Å². The molecule has 1 aromatic heterocycles. The highest BCUT2D eigenvalue weighted by atomic mass is 32.2. The molecule has 0 radical (unpaired) electrons. The van der Waals surface area contributed by atoms with Crippen LogP contribution in [0.15, 0.2) is 51.7 Å². The first-order valence-electron chi connectivity index (χ1n) is 5.62. The molecular formula is C13H9NO5S. The van der Waals surface area contributed by atoms with Gasteiger partial charge in [-0.15, -0.1) is 0 Å². The first-order chi connectivity index (χ1) is 9.44. The van der Waals surface area contributed by atoms with Crippen LogP contribution in [0.4, 0.5) is 0 Å². The maximum Gasteiger partial charge on any atom is 0.380 e. The van der Waals surface area contributed by atoms with E-state index in [1.165, 1.54) is 12.1 Å². The van der Waals surface area contributed by atoms with Crippen LogP contribution in [0, 0.1) is 0 Å². The Balaban J connectivity index is 2.31. The lowest BCUT2D eigenvalue weighted by Gasteiger charge is -2.05. The molecule has 0 saturated heterocycles. The van der Waals surface area contributed by atoms with Gasteiger partial charge in [0, 0.05) is 11.5 Å². The van der Waals surface area contributed by atoms with Gasteiger partial charge >= 0.3 is 15.9 Å². The van der Waals surface area contributed by atoms with E-state index in [-0.39, 0.29) is 11.3 Å². The summed E-state index contributed by atoms with van der Waals surface area (Å²) in [6.45, 7) is 0. The molecule has 0 unspecified atom stereocenters. The summed E-state index contributed by atoms with van der Waals surface area (Å²) in [7, 11) is -4.12. The molecule has 1 heterocycles. The summed E-state index contributed by atoms with van der Waals surface area (Å²) in [5, 5.41) is 6.65. The van der Waals surface area contributed by atoms with E-state index in [9.17, 15) is 13.2 Å². The minimum Gasteiger partial charge on any atom is -0.422 e. The highest BCUT2D eigenvalue weighted by molar-refractivity contribution is 7.84. The Morgan fingerprint density at radius 2 is 1.70 bits per heavy atom. The summed E-state index contributed by atoms with van der Waals surface area (Å²) in [6.07, 6.45) is 0. The minimum absolute atomic E-state index is 0.0153. The van der Waals surface area contributed by atoms with Crippen LogP contribution in [0.2, 0.25) is 0 Å². The first kappa shape index (κ1) is 12.6. The zero-order valence-corrected chi connectivity index (χ0v) is 10.9. The lowest BCUT2D eigenvalue weighted by molar-refractivity contribution is 0.487. The average molecular weight is 291 g/mol. The lowest BCUT2D eigenvalue weighted by atomic mass is 10.1. The van der Waals surface area contributed by atoms with Crippen molar-refractivity contribution in [1.29, 1.82) is 0 Å². The number of hydrogen-bond acceptors (Lipinski definition) is 5. The van der Waals surface area contributed by atoms with Crippen LogP contribution in [-0.4, -0.2) is 8.42 Å². The zero-order valence-electron chi connectivity index (χ0n) is 10.1. The molecule has 3 rings (SSSR count). The fourth-order valence-corrected chi connectivity index (χ4v) is 2.42. The van der Waals surface area contributed by atoms with Gasteiger partial charge in [-0.3, -0.25) is 0 Å². The van der Waals surface area contributed by atoms with Crippen LogP contribution < -0.4 is 14.9 Å². The van der Waals surface area contributed by atoms with Crippen molar-refractivity contribution < 1.29 is 17.0 Å². The highest BCUT2D eigenvalue weighted by Gasteiger charge is 2.10. The third-order valence-corrected chi connectivity index (χ3v) is 3.23. The van der Waals surface area contributed by atoms with Crippen molar-refractivity contribution in [2.75, 3.05) is 0 Å². The van der Waals surface area contributed by atoms with Gasteiger partial charge in [-0.2, -0.15) is 13.6 Å². The van der Waals surface area contributed by atoms with E-state index in [0.29, 0.717) is 10.8 Å². The predicted molar refractivity (Wildman–Crippen MR) is 73.7 cm³/mol. The molecule has 0 saturated carbocycles. The number of fused-ring (bicyclic) bond motifs is 3. The molecule has 2 N–H and O–H groups in total. The van der Waals surface area contributed by atoms with Crippen molar-refractivity contribution in [3.8, 4) is 5.75 Å². The van der Waals surface area contributed by atoms with E-state index in [1.54, 1.807) is 30.3 Å². The second-order valence-electron chi connectivity index (χ2n) is 4.17. The van der Waals surface area contributed by atoms with Gasteiger partial charge in [0.1, 0.15) is 11.3 Å². The summed E-state index contributed by atoms with van der Waals surface area (Å²) in [6, 6.07) is 11.4. The zero-order chi connectivity index (χ0) is 14.3. The van der Waals surface area contributed by atoms with Crippen molar-refractivity contribution in [3.05, 3.63) is 52.9 Å². The third-order valence-electron chi connectivity index (χ3n) is 2.81. The van der Waals surface area contributed by atoms with E-state index < -0.39 is 15.9 Å². The monoisotopic (exact) mass is 291 g/mol. The van der Waals surface area contributed by atoms with Crippen LogP contribution in [0.5, 0.6) is 5.75 Å². The topological polar surface area (TPSA) is 99.6 Å². The molecule has 0 fully saturated rings. The Morgan fingerprint density at radius 1 is 1.00 bits per heavy atom. The molecule has 20 heavy (non-hydrogen) atoms. The summed E-state index contributed by atoms with van der Waals surface area (Å²) >= 11 is 0. The van der Waals surface area contributed by atoms with Gasteiger partial charge in [-0.1, -0.05) is 18.2 Å². The maximum atomic E-state index is 11.8. The molecule has 0 aliphatic rings. The van der Waals surface area contributed by atoms with Gasteiger partial charge in [0.05, 0.1) is 5.39 Å². The van der Waals surface area contributed by atoms with Gasteiger partial charge in [0.25, 0.3) is 0 Å². The van der Waals surface area contributed by atoms with E-state index in [0.717, 1.165) is 5.39 Å². The van der Waals surface area contributed by atoms with Crippen molar-refractivity contribution in [1.82, 2.24) is 0 Å². The van der Waals surface area contributed by atoms with Crippen molar-refractivity contribution in [2.45, 2.75) is 0 Å². The molecule has 2 aromatic carbocycles. The minimum atomic E-state index is -4.12. The Bertz CT molecular complexity index is 975. The maximum absolute atomic E-state index is 11.8. The van der Waals surface area contributed by atoms with E-state index in [1.807, 2.05) is 0 Å². The van der Waals surface area contributed by atoms with E-state index >= 15 is 0 Å². The van der Waals surface area contributed by atoms with E-state index in [2.05, 4.69) is 4.18 Å². The molecule has 6 nitrogen and oxygen atoms in total. The number of nitrogens with two attached hydrogens (primary N) is 1. The Labute approximate surface area is 113 Å². The van der Waals surface area contributed by atoms with Gasteiger partial charge in [0.2, 0.25) is 0 Å². The summed E-state index contributed by atoms with van der Waals surface area (Å²) in [5.41, 5.74) is -0.268. The van der Waals surface area contributed by atoms with Gasteiger partial charge < -0.3 is 8.60 Å². The number of hydrogen-bond donors (Lipinski definition) is 1. The molecule has 7 heteroatoms. The fourth-order valence-electron chi connectivity index (χ4n) is 2.05. The first-order valence-corrected chi connectivity index (χ1v) is 7.09. The van der Waals surface area contributed by atoms with Crippen LogP contribution in [0.3, 0.4) is 0 Å². The smallest absolute Gasteiger partial charge is 0.380 e. The Kier molecular flexibility index (Phi) is 2.73. The SMILES string of the molecule is NS(=O)(=O)Oc1ccc2c(c1)oc(=O)c1ccccc12. The van der Waals surface area contributed by atoms with Crippen LogP contribution in [0.1, 0.15) is 0 Å². The second kappa shape index (κ2) is 4.32. The molecule has 0 aliphatic heterocycles. The predicted octanol–water partition coefficient (Wildman–Crippen LogP) is 1.53. The lowest BCUT2D eigenvalue weighted by Crippen LogP contribution is -2.18. The highest BCUT2D eigenvalue weighted by Crippen LogP contribution is 2.26. The number of benzene rings is 2. The standard InChI is InChI=1S/C13H9NO5S/c14-20(16,17)19-8-5-6-10-9-3-1-2-4-11(9)13(15)18-12(10)7-8/h1-7H,(H2,14,16,17). The Morgan fingerprint density at radius 3 is 2.40 bits per heavy atom. The summed E-state index contributed by atoms with van der Waals surface area (Å²) < 4.78 is 31.5. The van der Waals surface area contributed by atoms with Gasteiger partial charge in [-0.05, 0) is 23.6 Å². The van der Waals surface area contributed by atoms with Crippen molar-refractivity contribution >= 4 is 32.0 Å². The summed E-state index contributed by atoms with van der Waals surface area (Å²) in [5.74, 6) is -0.0153. The molecule has 0 spiro atoms. The van der Waals surface area contributed by atoms with Crippen molar-refractivity contribution in [2.24, 2.45) is 5.14 Å². The fraction of sp³-hybridized carbons (Fsp3) is 0. The van der Waals surface area contributed by atoms with Crippen LogP contribution >= 0.6 is 0 Å². The van der Waals surface area contributed by atoms with Crippen molar-refractivity contribution in [3.63, 3.8) is 0 Å². The van der Waals surface area contributed by atoms with Gasteiger partial charge in [0.15, 0.2) is 0 Å². The third kappa shape index (κ3) is 2.24. The molecule has 3 aromatic rings. The molecule has 0 atom stereocenters. The molecule has 0 aliphatic carbocycles. The number of rotatable bonds is 2. The summed E-state index contributed by atoms with van der Waals surface area (Å²) in [4.78, 5) is 11.8. The quantitative estimate of drug-likeness (QED) is 0.570. The molecular weight excluding hydrogens is 282 g/mol. The second-order valence-corrected chi connectivity index (χ2v) is 5.32. The molecule has 102 valence electrons. The molecule has 0 bridgehead atoms. The normalized spacial score (nSPS) is 11.8. The van der Waals surface area contributed by atoms with Gasteiger partial charge in [-0.25, -0.2) is 4.79 Å². The van der Waals surface area contributed by atoms with E-state index in [4.69, 9.17) is 9.56 Å². The Hall–Kier alpha value is -2.38. The largest absolute Gasteiger partial charge is 0.422 e. The average Bonchev–Trinajstić information content (AvgIpc) is 2.37.